The second-order valence-corrected chi connectivity index (χ2v) is 13.5. The van der Waals surface area contributed by atoms with Crippen LogP contribution in [0.4, 0.5) is 0 Å². The summed E-state index contributed by atoms with van der Waals surface area (Å²) in [6.45, 7) is 5.41. The fourth-order valence-corrected chi connectivity index (χ4v) is 7.96. The van der Waals surface area contributed by atoms with Crippen LogP contribution in [0.2, 0.25) is 0 Å². The minimum absolute atomic E-state index is 0.0243. The van der Waals surface area contributed by atoms with Crippen LogP contribution in [0.15, 0.2) is 60.7 Å². The molecule has 7 nitrogen and oxygen atoms in total. The summed E-state index contributed by atoms with van der Waals surface area (Å²) in [5.41, 5.74) is 7.87. The minimum Gasteiger partial charge on any atom is -0.354 e. The zero-order valence-corrected chi connectivity index (χ0v) is 26.8. The number of nitrogens with one attached hydrogen (secondary N) is 2. The molecular weight excluding hydrogens is 579 g/mol. The van der Waals surface area contributed by atoms with Crippen LogP contribution >= 0.6 is 11.3 Å². The number of hydrogen-bond donors (Lipinski definition) is 2. The number of nitrogens with zero attached hydrogens (tertiary/aromatic N) is 3. The molecule has 0 atom stereocenters. The largest absolute Gasteiger partial charge is 0.354 e. The topological polar surface area (TPSA) is 88.9 Å². The summed E-state index contributed by atoms with van der Waals surface area (Å²) < 4.78 is 2.16. The van der Waals surface area contributed by atoms with Gasteiger partial charge in [-0.1, -0.05) is 49.6 Å². The van der Waals surface area contributed by atoms with Gasteiger partial charge in [-0.05, 0) is 86.9 Å². The van der Waals surface area contributed by atoms with Crippen molar-refractivity contribution in [2.75, 3.05) is 13.1 Å². The molecule has 45 heavy (non-hydrogen) atoms. The van der Waals surface area contributed by atoms with E-state index >= 15 is 0 Å². The van der Waals surface area contributed by atoms with Crippen molar-refractivity contribution in [3.8, 4) is 21.8 Å². The predicted octanol–water partition coefficient (Wildman–Crippen LogP) is 7.84. The second-order valence-electron chi connectivity index (χ2n) is 12.3. The first-order valence-corrected chi connectivity index (χ1v) is 17.0. The van der Waals surface area contributed by atoms with Gasteiger partial charge in [-0.3, -0.25) is 9.59 Å². The Morgan fingerprint density at radius 3 is 2.40 bits per heavy atom. The van der Waals surface area contributed by atoms with Crippen LogP contribution in [0.25, 0.3) is 43.6 Å². The summed E-state index contributed by atoms with van der Waals surface area (Å²) in [4.78, 5) is 37.4. The Labute approximate surface area is 267 Å². The zero-order chi connectivity index (χ0) is 30.9. The number of carbonyl (C=O) groups is 2. The number of rotatable bonds is 3. The highest BCUT2D eigenvalue weighted by atomic mass is 32.1. The van der Waals surface area contributed by atoms with Crippen molar-refractivity contribution in [1.82, 2.24) is 25.2 Å². The van der Waals surface area contributed by atoms with E-state index in [0.29, 0.717) is 24.6 Å². The van der Waals surface area contributed by atoms with Crippen molar-refractivity contribution in [2.24, 2.45) is 0 Å². The van der Waals surface area contributed by atoms with E-state index in [1.165, 1.54) is 24.8 Å². The number of hydrogen-bond acceptors (Lipinski definition) is 5. The highest BCUT2D eigenvalue weighted by molar-refractivity contribution is 7.15. The number of amides is 2. The van der Waals surface area contributed by atoms with Gasteiger partial charge in [0.15, 0.2) is 0 Å². The molecule has 230 valence electrons. The van der Waals surface area contributed by atoms with E-state index < -0.39 is 0 Å². The highest BCUT2D eigenvalue weighted by Gasteiger charge is 2.28. The molecule has 1 saturated carbocycles. The van der Waals surface area contributed by atoms with Gasteiger partial charge in [0.2, 0.25) is 5.91 Å². The van der Waals surface area contributed by atoms with Crippen molar-refractivity contribution in [3.63, 3.8) is 0 Å². The third-order valence-corrected chi connectivity index (χ3v) is 10.3. The predicted molar refractivity (Wildman–Crippen MR) is 183 cm³/mol. The third kappa shape index (κ3) is 5.91. The summed E-state index contributed by atoms with van der Waals surface area (Å²) in [6.07, 6.45) is 11.6. The molecule has 8 heteroatoms. The normalized spacial score (nSPS) is 17.6. The van der Waals surface area contributed by atoms with Crippen molar-refractivity contribution in [1.29, 1.82) is 0 Å². The van der Waals surface area contributed by atoms with Crippen LogP contribution in [0.1, 0.15) is 77.5 Å². The summed E-state index contributed by atoms with van der Waals surface area (Å²) >= 11 is 1.67. The van der Waals surface area contributed by atoms with Gasteiger partial charge in [0.25, 0.3) is 5.91 Å². The van der Waals surface area contributed by atoms with Crippen molar-refractivity contribution in [3.05, 3.63) is 82.5 Å². The lowest BCUT2D eigenvalue weighted by Crippen LogP contribution is -2.28. The Bertz CT molecular complexity index is 1950. The van der Waals surface area contributed by atoms with Gasteiger partial charge in [0, 0.05) is 29.4 Å². The molecule has 3 aromatic heterocycles. The Hall–Kier alpha value is -4.30. The highest BCUT2D eigenvalue weighted by Crippen LogP contribution is 2.45. The first-order valence-electron chi connectivity index (χ1n) is 16.2. The maximum atomic E-state index is 13.5. The molecule has 2 N–H and O–H groups in total. The average Bonchev–Trinajstić information content (AvgIpc) is 3.56. The molecule has 0 saturated heterocycles. The van der Waals surface area contributed by atoms with Crippen molar-refractivity contribution >= 4 is 45.0 Å². The Kier molecular flexibility index (Phi) is 8.23. The number of aromatic nitrogens is 3. The summed E-state index contributed by atoms with van der Waals surface area (Å²) in [5.74, 6) is 0.283. The van der Waals surface area contributed by atoms with E-state index in [2.05, 4.69) is 68.7 Å². The molecule has 1 fully saturated rings. The fourth-order valence-electron chi connectivity index (χ4n) is 7.07. The van der Waals surface area contributed by atoms with Gasteiger partial charge in [0.05, 0.1) is 38.0 Å². The van der Waals surface area contributed by atoms with E-state index in [-0.39, 0.29) is 18.4 Å². The molecule has 7 rings (SSSR count). The summed E-state index contributed by atoms with van der Waals surface area (Å²) in [7, 11) is 0. The van der Waals surface area contributed by atoms with Crippen LogP contribution < -0.4 is 10.6 Å². The van der Waals surface area contributed by atoms with Crippen LogP contribution in [0.5, 0.6) is 0 Å². The lowest BCUT2D eigenvalue weighted by molar-refractivity contribution is -0.121. The number of fused-ring (bicyclic) bond motifs is 2. The fraction of sp³-hybridized carbons (Fsp3) is 0.351. The maximum Gasteiger partial charge on any atom is 0.251 e. The Balaban J connectivity index is 1.40. The van der Waals surface area contributed by atoms with E-state index in [4.69, 9.17) is 4.98 Å². The Morgan fingerprint density at radius 2 is 1.62 bits per heavy atom. The smallest absolute Gasteiger partial charge is 0.251 e. The molecule has 1 aliphatic carbocycles. The monoisotopic (exact) mass is 617 g/mol. The van der Waals surface area contributed by atoms with Gasteiger partial charge < -0.3 is 15.2 Å². The van der Waals surface area contributed by atoms with Gasteiger partial charge >= 0.3 is 0 Å². The molecular formula is C37H39N5O2S. The number of thiazole rings is 1. The van der Waals surface area contributed by atoms with E-state index in [1.54, 1.807) is 11.3 Å². The van der Waals surface area contributed by atoms with E-state index in [0.717, 1.165) is 80.0 Å². The average molecular weight is 618 g/mol. The van der Waals surface area contributed by atoms with Crippen LogP contribution in [-0.2, 0) is 11.3 Å². The van der Waals surface area contributed by atoms with Gasteiger partial charge in [0.1, 0.15) is 6.54 Å². The molecule has 1 aliphatic heterocycles. The number of carbonyl (C=O) groups excluding carboxylic acids is 2. The van der Waals surface area contributed by atoms with Gasteiger partial charge in [-0.15, -0.1) is 11.3 Å². The molecule has 0 radical (unpaired) electrons. The quantitative estimate of drug-likeness (QED) is 0.202. The minimum atomic E-state index is -0.0860. The second kappa shape index (κ2) is 12.6. The van der Waals surface area contributed by atoms with Crippen LogP contribution in [0.3, 0.4) is 0 Å². The zero-order valence-electron chi connectivity index (χ0n) is 26.0. The molecule has 2 aromatic carbocycles. The third-order valence-electron chi connectivity index (χ3n) is 9.18. The van der Waals surface area contributed by atoms with E-state index in [9.17, 15) is 9.59 Å². The standard InChI is InChI=1S/C37H39N5O2S/c1-23-36(45-24(2)40-23)31-17-13-26-20-27(14-16-30(26)41-31)35-34(25-10-6-5-7-11-25)29-15-12-28-21-32(29)42(35)22-33(43)38-18-8-3-4-9-19-39-37(28)44/h3-4,12-17,20-21,25H,5-11,18-19,22H2,1-2H3,(H,38,43)(H,39,44)/b4-3-. The van der Waals surface area contributed by atoms with Crippen LogP contribution in [-0.4, -0.2) is 39.4 Å². The molecule has 2 bridgehead atoms. The lowest BCUT2D eigenvalue weighted by Gasteiger charge is -2.24. The maximum absolute atomic E-state index is 13.5. The number of aryl methyl sites for hydroxylation is 2. The first-order chi connectivity index (χ1) is 22.0. The Morgan fingerprint density at radius 1 is 0.844 bits per heavy atom. The molecule has 2 amide bonds. The first kappa shape index (κ1) is 29.4. The van der Waals surface area contributed by atoms with Crippen LogP contribution in [0, 0.1) is 13.8 Å². The van der Waals surface area contributed by atoms with Gasteiger partial charge in [-0.25, -0.2) is 9.97 Å². The molecule has 0 unspecified atom stereocenters. The molecule has 4 heterocycles. The summed E-state index contributed by atoms with van der Waals surface area (Å²) in [5, 5.41) is 9.42. The SMILES string of the molecule is Cc1nc(C)c(-c2ccc3cc(-c4c(C5CCCCC5)c5ccc6cc5n4CC(=O)NCC/C=C\CCNC6=O)ccc3n2)s1. The lowest BCUT2D eigenvalue weighted by atomic mass is 9.81. The van der Waals surface area contributed by atoms with Crippen molar-refractivity contribution in [2.45, 2.75) is 71.3 Å². The van der Waals surface area contributed by atoms with Crippen molar-refractivity contribution < 1.29 is 9.59 Å². The molecule has 5 aromatic rings. The van der Waals surface area contributed by atoms with Gasteiger partial charge in [-0.2, -0.15) is 0 Å². The number of pyridine rings is 1. The molecule has 0 spiro atoms. The summed E-state index contributed by atoms with van der Waals surface area (Å²) in [6, 6.07) is 16.7. The van der Waals surface area contributed by atoms with E-state index in [1.807, 2.05) is 26.0 Å². The number of benzene rings is 2. The molecule has 2 aliphatic rings.